The average Bonchev–Trinajstić information content (AvgIpc) is 2.54. The lowest BCUT2D eigenvalue weighted by Crippen LogP contribution is -2.44. The predicted octanol–water partition coefficient (Wildman–Crippen LogP) is 1.10. The van der Waals surface area contributed by atoms with Crippen molar-refractivity contribution in [2.24, 2.45) is 7.05 Å². The van der Waals surface area contributed by atoms with Crippen molar-refractivity contribution in [3.63, 3.8) is 0 Å². The van der Waals surface area contributed by atoms with Crippen molar-refractivity contribution < 1.29 is 14.7 Å². The van der Waals surface area contributed by atoms with E-state index in [1.54, 1.807) is 27.0 Å². The summed E-state index contributed by atoms with van der Waals surface area (Å²) in [6.45, 7) is 5.42. The smallest absolute Gasteiger partial charge is 0.303 e. The first kappa shape index (κ1) is 14.2. The lowest BCUT2D eigenvalue weighted by atomic mass is 9.98. The maximum absolute atomic E-state index is 12.0. The van der Waals surface area contributed by atoms with Crippen molar-refractivity contribution >= 4 is 11.9 Å². The second kappa shape index (κ2) is 5.20. The minimum Gasteiger partial charge on any atom is -0.481 e. The first-order chi connectivity index (χ1) is 8.21. The molecule has 0 spiro atoms. The van der Waals surface area contributed by atoms with Crippen LogP contribution in [-0.4, -0.2) is 32.3 Å². The van der Waals surface area contributed by atoms with Gasteiger partial charge in [0.15, 0.2) is 0 Å². The van der Waals surface area contributed by atoms with Crippen LogP contribution in [0.3, 0.4) is 0 Å². The zero-order chi connectivity index (χ0) is 13.9. The summed E-state index contributed by atoms with van der Waals surface area (Å²) in [4.78, 5) is 22.6. The molecule has 0 aromatic carbocycles. The van der Waals surface area contributed by atoms with Gasteiger partial charge in [0, 0.05) is 19.0 Å². The molecule has 6 nitrogen and oxygen atoms in total. The van der Waals surface area contributed by atoms with Gasteiger partial charge in [0.25, 0.3) is 5.91 Å². The third kappa shape index (κ3) is 3.87. The van der Waals surface area contributed by atoms with E-state index in [-0.39, 0.29) is 12.3 Å². The van der Waals surface area contributed by atoms with E-state index in [0.29, 0.717) is 12.1 Å². The number of hydrogen-bond donors (Lipinski definition) is 2. The fraction of sp³-hybridized carbons (Fsp3) is 0.583. The van der Waals surface area contributed by atoms with Crippen LogP contribution in [0.25, 0.3) is 0 Å². The lowest BCUT2D eigenvalue weighted by molar-refractivity contribution is -0.137. The zero-order valence-corrected chi connectivity index (χ0v) is 11.1. The fourth-order valence-electron chi connectivity index (χ4n) is 1.68. The van der Waals surface area contributed by atoms with E-state index in [2.05, 4.69) is 10.4 Å². The molecule has 1 aromatic rings. The zero-order valence-electron chi connectivity index (χ0n) is 11.1. The molecule has 6 heteroatoms. The van der Waals surface area contributed by atoms with E-state index in [4.69, 9.17) is 5.11 Å². The Bertz CT molecular complexity index is 463. The van der Waals surface area contributed by atoms with Gasteiger partial charge >= 0.3 is 5.97 Å². The Morgan fingerprint density at radius 3 is 2.56 bits per heavy atom. The number of carboxylic acids is 1. The molecule has 18 heavy (non-hydrogen) atoms. The van der Waals surface area contributed by atoms with Crippen LogP contribution in [0.15, 0.2) is 6.07 Å². The molecule has 0 aliphatic rings. The first-order valence-electron chi connectivity index (χ1n) is 5.76. The van der Waals surface area contributed by atoms with Crippen LogP contribution in [0.2, 0.25) is 0 Å². The molecule has 0 saturated carbocycles. The number of aliphatic carboxylic acids is 1. The van der Waals surface area contributed by atoms with Crippen LogP contribution < -0.4 is 5.32 Å². The maximum Gasteiger partial charge on any atom is 0.303 e. The second-order valence-electron chi connectivity index (χ2n) is 5.03. The van der Waals surface area contributed by atoms with E-state index in [0.717, 1.165) is 5.69 Å². The Balaban J connectivity index is 2.69. The summed E-state index contributed by atoms with van der Waals surface area (Å²) in [6.07, 6.45) is 0.405. The first-order valence-corrected chi connectivity index (χ1v) is 5.76. The van der Waals surface area contributed by atoms with Crippen LogP contribution in [0.1, 0.15) is 42.9 Å². The summed E-state index contributed by atoms with van der Waals surface area (Å²) < 4.78 is 1.51. The van der Waals surface area contributed by atoms with Gasteiger partial charge in [-0.05, 0) is 33.3 Å². The molecule has 100 valence electrons. The van der Waals surface area contributed by atoms with E-state index in [9.17, 15) is 9.59 Å². The molecular weight excluding hydrogens is 234 g/mol. The molecule has 1 rings (SSSR count). The maximum atomic E-state index is 12.0. The summed E-state index contributed by atoms with van der Waals surface area (Å²) in [5.41, 5.74) is 0.676. The Morgan fingerprint density at radius 1 is 1.50 bits per heavy atom. The number of aromatic nitrogens is 2. The number of carbonyl (C=O) groups excluding carboxylic acids is 1. The second-order valence-corrected chi connectivity index (χ2v) is 5.03. The minimum atomic E-state index is -0.867. The number of nitrogens with zero attached hydrogens (tertiary/aromatic N) is 2. The standard InChI is InChI=1S/C12H19N3O3/c1-8-7-9(15(4)14-8)11(18)13-12(2,3)6-5-10(16)17/h7H,5-6H2,1-4H3,(H,13,18)(H,16,17). The Morgan fingerprint density at radius 2 is 2.11 bits per heavy atom. The summed E-state index contributed by atoms with van der Waals surface area (Å²) in [5.74, 6) is -1.11. The molecule has 2 N–H and O–H groups in total. The third-order valence-corrected chi connectivity index (χ3v) is 2.65. The summed E-state index contributed by atoms with van der Waals surface area (Å²) >= 11 is 0. The monoisotopic (exact) mass is 253 g/mol. The van der Waals surface area contributed by atoms with Crippen molar-refractivity contribution in [3.05, 3.63) is 17.5 Å². The number of aryl methyl sites for hydroxylation is 2. The van der Waals surface area contributed by atoms with Crippen LogP contribution >= 0.6 is 0 Å². The Kier molecular flexibility index (Phi) is 4.11. The van der Waals surface area contributed by atoms with Gasteiger partial charge in [-0.15, -0.1) is 0 Å². The minimum absolute atomic E-state index is 0.0255. The van der Waals surface area contributed by atoms with Crippen LogP contribution in [-0.2, 0) is 11.8 Å². The van der Waals surface area contributed by atoms with Gasteiger partial charge in [-0.2, -0.15) is 5.10 Å². The van der Waals surface area contributed by atoms with Gasteiger partial charge in [-0.3, -0.25) is 14.3 Å². The molecule has 0 saturated heterocycles. The van der Waals surface area contributed by atoms with Gasteiger partial charge in [-0.25, -0.2) is 0 Å². The number of rotatable bonds is 5. The van der Waals surface area contributed by atoms with Crippen LogP contribution in [0.5, 0.6) is 0 Å². The summed E-state index contributed by atoms with van der Waals surface area (Å²) in [6, 6.07) is 1.70. The molecule has 0 atom stereocenters. The van der Waals surface area contributed by atoms with Crippen molar-refractivity contribution in [1.82, 2.24) is 15.1 Å². The molecule has 0 radical (unpaired) electrons. The number of carboxylic acid groups (broad SMARTS) is 1. The molecule has 0 bridgehead atoms. The van der Waals surface area contributed by atoms with E-state index >= 15 is 0 Å². The van der Waals surface area contributed by atoms with Crippen molar-refractivity contribution in [3.8, 4) is 0 Å². The molecule has 1 heterocycles. The lowest BCUT2D eigenvalue weighted by Gasteiger charge is -2.25. The normalized spacial score (nSPS) is 11.3. The molecular formula is C12H19N3O3. The molecule has 1 aromatic heterocycles. The molecule has 0 fully saturated rings. The van der Waals surface area contributed by atoms with Crippen LogP contribution in [0.4, 0.5) is 0 Å². The van der Waals surface area contributed by atoms with Gasteiger partial charge < -0.3 is 10.4 Å². The van der Waals surface area contributed by atoms with Gasteiger partial charge in [0.1, 0.15) is 5.69 Å². The van der Waals surface area contributed by atoms with E-state index < -0.39 is 11.5 Å². The van der Waals surface area contributed by atoms with Gasteiger partial charge in [0.2, 0.25) is 0 Å². The van der Waals surface area contributed by atoms with Crippen molar-refractivity contribution in [1.29, 1.82) is 0 Å². The van der Waals surface area contributed by atoms with Gasteiger partial charge in [0.05, 0.1) is 5.69 Å². The Hall–Kier alpha value is -1.85. The Labute approximate surface area is 106 Å². The van der Waals surface area contributed by atoms with E-state index in [1.807, 2.05) is 6.92 Å². The van der Waals surface area contributed by atoms with Crippen LogP contribution in [0, 0.1) is 6.92 Å². The number of amides is 1. The van der Waals surface area contributed by atoms with Crippen molar-refractivity contribution in [2.75, 3.05) is 0 Å². The highest BCUT2D eigenvalue weighted by atomic mass is 16.4. The van der Waals surface area contributed by atoms with Gasteiger partial charge in [-0.1, -0.05) is 0 Å². The molecule has 1 amide bonds. The van der Waals surface area contributed by atoms with E-state index in [1.165, 1.54) is 4.68 Å². The predicted molar refractivity (Wildman–Crippen MR) is 66.4 cm³/mol. The summed E-state index contributed by atoms with van der Waals surface area (Å²) in [5, 5.41) is 15.6. The summed E-state index contributed by atoms with van der Waals surface area (Å²) in [7, 11) is 1.70. The molecule has 0 unspecified atom stereocenters. The molecule has 0 aliphatic heterocycles. The SMILES string of the molecule is Cc1cc(C(=O)NC(C)(C)CCC(=O)O)n(C)n1. The largest absolute Gasteiger partial charge is 0.481 e. The number of nitrogens with one attached hydrogen (secondary N) is 1. The van der Waals surface area contributed by atoms with Crippen molar-refractivity contribution in [2.45, 2.75) is 39.2 Å². The topological polar surface area (TPSA) is 84.2 Å². The highest BCUT2D eigenvalue weighted by Gasteiger charge is 2.23. The highest BCUT2D eigenvalue weighted by Crippen LogP contribution is 2.13. The quantitative estimate of drug-likeness (QED) is 0.823. The highest BCUT2D eigenvalue weighted by molar-refractivity contribution is 5.93. The average molecular weight is 253 g/mol. The number of hydrogen-bond acceptors (Lipinski definition) is 3. The number of carbonyl (C=O) groups is 2. The fourth-order valence-corrected chi connectivity index (χ4v) is 1.68. The third-order valence-electron chi connectivity index (χ3n) is 2.65. The molecule has 0 aliphatic carbocycles.